The quantitative estimate of drug-likeness (QED) is 0.601. The third-order valence-corrected chi connectivity index (χ3v) is 4.06. The highest BCUT2D eigenvalue weighted by atomic mass is 16.5. The van der Waals surface area contributed by atoms with Crippen LogP contribution in [-0.4, -0.2) is 35.8 Å². The molecule has 0 saturated carbocycles. The highest BCUT2D eigenvalue weighted by Crippen LogP contribution is 2.17. The van der Waals surface area contributed by atoms with Crippen LogP contribution in [0.1, 0.15) is 36.2 Å². The molecule has 0 radical (unpaired) electrons. The number of esters is 1. The van der Waals surface area contributed by atoms with Gasteiger partial charge in [0.1, 0.15) is 6.42 Å². The van der Waals surface area contributed by atoms with Crippen molar-refractivity contribution in [2.75, 3.05) is 12.4 Å². The summed E-state index contributed by atoms with van der Waals surface area (Å²) in [4.78, 5) is 38.4. The first-order valence-electron chi connectivity index (χ1n) is 8.73. The molecule has 0 bridgehead atoms. The standard InChI is InChI=1S/C21H24N2O4/c1-15(2)23(14-16-9-5-4-6-10-16)20(25)13-19(24)22-18-12-8-7-11-17(18)21(26)27-3/h4-12,15H,13-14H2,1-3H3,(H,22,24). The Hall–Kier alpha value is -3.15. The van der Waals surface area contributed by atoms with Crippen LogP contribution in [0.3, 0.4) is 0 Å². The summed E-state index contributed by atoms with van der Waals surface area (Å²) >= 11 is 0. The lowest BCUT2D eigenvalue weighted by atomic mass is 10.1. The molecule has 6 heteroatoms. The molecule has 2 amide bonds. The number of carbonyl (C=O) groups excluding carboxylic acids is 3. The van der Waals surface area contributed by atoms with Crippen molar-refractivity contribution in [1.29, 1.82) is 0 Å². The van der Waals surface area contributed by atoms with Crippen molar-refractivity contribution in [3.05, 3.63) is 65.7 Å². The van der Waals surface area contributed by atoms with Gasteiger partial charge in [0.25, 0.3) is 0 Å². The minimum absolute atomic E-state index is 0.0483. The maximum Gasteiger partial charge on any atom is 0.339 e. The molecule has 2 aromatic rings. The first-order chi connectivity index (χ1) is 12.9. The maximum atomic E-state index is 12.6. The Morgan fingerprint density at radius 1 is 1.00 bits per heavy atom. The number of hydrogen-bond donors (Lipinski definition) is 1. The maximum absolute atomic E-state index is 12.6. The molecule has 0 atom stereocenters. The van der Waals surface area contributed by atoms with Crippen LogP contribution < -0.4 is 5.32 Å². The SMILES string of the molecule is COC(=O)c1ccccc1NC(=O)CC(=O)N(Cc1ccccc1)C(C)C. The molecule has 0 aliphatic heterocycles. The van der Waals surface area contributed by atoms with E-state index in [4.69, 9.17) is 4.74 Å². The zero-order valence-electron chi connectivity index (χ0n) is 15.8. The Labute approximate surface area is 159 Å². The van der Waals surface area contributed by atoms with E-state index in [0.717, 1.165) is 5.56 Å². The second-order valence-corrected chi connectivity index (χ2v) is 6.36. The van der Waals surface area contributed by atoms with E-state index in [9.17, 15) is 14.4 Å². The number of rotatable bonds is 7. The molecule has 6 nitrogen and oxygen atoms in total. The molecule has 142 valence electrons. The van der Waals surface area contributed by atoms with E-state index in [1.54, 1.807) is 29.2 Å². The summed E-state index contributed by atoms with van der Waals surface area (Å²) in [7, 11) is 1.27. The van der Waals surface area contributed by atoms with Crippen molar-refractivity contribution in [2.45, 2.75) is 32.9 Å². The Morgan fingerprint density at radius 2 is 1.63 bits per heavy atom. The van der Waals surface area contributed by atoms with Gasteiger partial charge >= 0.3 is 5.97 Å². The first-order valence-corrected chi connectivity index (χ1v) is 8.73. The third-order valence-electron chi connectivity index (χ3n) is 4.06. The van der Waals surface area contributed by atoms with Crippen LogP contribution in [-0.2, 0) is 20.9 Å². The predicted molar refractivity (Wildman–Crippen MR) is 103 cm³/mol. The van der Waals surface area contributed by atoms with Gasteiger partial charge in [-0.3, -0.25) is 9.59 Å². The molecule has 27 heavy (non-hydrogen) atoms. The average molecular weight is 368 g/mol. The van der Waals surface area contributed by atoms with Gasteiger partial charge in [0.15, 0.2) is 0 Å². The van der Waals surface area contributed by atoms with Crippen LogP contribution in [0, 0.1) is 0 Å². The monoisotopic (exact) mass is 368 g/mol. The van der Waals surface area contributed by atoms with Gasteiger partial charge in [0.05, 0.1) is 18.4 Å². The van der Waals surface area contributed by atoms with Crippen molar-refractivity contribution in [3.63, 3.8) is 0 Å². The fourth-order valence-electron chi connectivity index (χ4n) is 2.65. The van der Waals surface area contributed by atoms with Gasteiger partial charge in [0, 0.05) is 12.6 Å². The Kier molecular flexibility index (Phi) is 7.11. The number of benzene rings is 2. The van der Waals surface area contributed by atoms with Gasteiger partial charge in [-0.25, -0.2) is 4.79 Å². The molecule has 0 spiro atoms. The van der Waals surface area contributed by atoms with Gasteiger partial charge in [-0.05, 0) is 31.5 Å². The van der Waals surface area contributed by atoms with Crippen molar-refractivity contribution in [1.82, 2.24) is 4.90 Å². The first kappa shape index (κ1) is 20.2. The lowest BCUT2D eigenvalue weighted by Crippen LogP contribution is -2.38. The van der Waals surface area contributed by atoms with Gasteiger partial charge in [-0.15, -0.1) is 0 Å². The number of ether oxygens (including phenoxy) is 1. The number of nitrogens with one attached hydrogen (secondary N) is 1. The Morgan fingerprint density at radius 3 is 2.26 bits per heavy atom. The summed E-state index contributed by atoms with van der Waals surface area (Å²) in [6.07, 6.45) is -0.305. The summed E-state index contributed by atoms with van der Waals surface area (Å²) in [5, 5.41) is 2.63. The van der Waals surface area contributed by atoms with Crippen LogP contribution in [0.2, 0.25) is 0 Å². The van der Waals surface area contributed by atoms with Crippen molar-refractivity contribution in [3.8, 4) is 0 Å². The highest BCUT2D eigenvalue weighted by molar-refractivity contribution is 6.06. The second kappa shape index (κ2) is 9.52. The predicted octanol–water partition coefficient (Wildman–Crippen LogP) is 3.24. The number of nitrogens with zero attached hydrogens (tertiary/aromatic N) is 1. The minimum Gasteiger partial charge on any atom is -0.465 e. The molecule has 0 aliphatic rings. The van der Waals surface area contributed by atoms with Crippen LogP contribution >= 0.6 is 0 Å². The Bertz CT molecular complexity index is 803. The van der Waals surface area contributed by atoms with Crippen LogP contribution in [0.4, 0.5) is 5.69 Å². The zero-order chi connectivity index (χ0) is 19.8. The molecule has 2 aromatic carbocycles. The van der Waals surface area contributed by atoms with Gasteiger partial charge in [0.2, 0.25) is 11.8 Å². The Balaban J connectivity index is 2.05. The van der Waals surface area contributed by atoms with E-state index < -0.39 is 11.9 Å². The van der Waals surface area contributed by atoms with Crippen LogP contribution in [0.5, 0.6) is 0 Å². The van der Waals surface area contributed by atoms with Crippen molar-refractivity contribution < 1.29 is 19.1 Å². The second-order valence-electron chi connectivity index (χ2n) is 6.36. The molecular weight excluding hydrogens is 344 g/mol. The van der Waals surface area contributed by atoms with Gasteiger partial charge in [-0.2, -0.15) is 0 Å². The van der Waals surface area contributed by atoms with E-state index in [2.05, 4.69) is 5.32 Å². The molecule has 0 heterocycles. The zero-order valence-corrected chi connectivity index (χ0v) is 15.8. The van der Waals surface area contributed by atoms with Gasteiger partial charge < -0.3 is 15.0 Å². The van der Waals surface area contributed by atoms with Crippen LogP contribution in [0.25, 0.3) is 0 Å². The number of methoxy groups -OCH3 is 1. The largest absolute Gasteiger partial charge is 0.465 e. The minimum atomic E-state index is -0.551. The molecule has 0 aromatic heterocycles. The summed E-state index contributed by atoms with van der Waals surface area (Å²) in [6.45, 7) is 4.25. The number of amides is 2. The molecule has 0 aliphatic carbocycles. The molecule has 1 N–H and O–H groups in total. The number of anilines is 1. The summed E-state index contributed by atoms with van der Waals surface area (Å²) in [6, 6.07) is 16.1. The molecule has 0 fully saturated rings. The van der Waals surface area contributed by atoms with Gasteiger partial charge in [-0.1, -0.05) is 42.5 Å². The molecule has 0 saturated heterocycles. The summed E-state index contributed by atoms with van der Waals surface area (Å²) in [5.41, 5.74) is 1.56. The molecule has 0 unspecified atom stereocenters. The fraction of sp³-hybridized carbons (Fsp3) is 0.286. The van der Waals surface area contributed by atoms with Crippen molar-refractivity contribution >= 4 is 23.5 Å². The normalized spacial score (nSPS) is 10.4. The lowest BCUT2D eigenvalue weighted by Gasteiger charge is -2.27. The summed E-state index contributed by atoms with van der Waals surface area (Å²) in [5.74, 6) is -1.30. The fourth-order valence-corrected chi connectivity index (χ4v) is 2.65. The van der Waals surface area contributed by atoms with E-state index in [-0.39, 0.29) is 23.9 Å². The van der Waals surface area contributed by atoms with E-state index in [1.807, 2.05) is 44.2 Å². The lowest BCUT2D eigenvalue weighted by molar-refractivity contribution is -0.136. The average Bonchev–Trinajstić information content (AvgIpc) is 2.66. The number of carbonyl (C=O) groups is 3. The summed E-state index contributed by atoms with van der Waals surface area (Å²) < 4.78 is 4.71. The van der Waals surface area contributed by atoms with Crippen LogP contribution in [0.15, 0.2) is 54.6 Å². The van der Waals surface area contributed by atoms with E-state index in [1.165, 1.54) is 7.11 Å². The van der Waals surface area contributed by atoms with E-state index in [0.29, 0.717) is 12.2 Å². The smallest absolute Gasteiger partial charge is 0.339 e. The molecule has 2 rings (SSSR count). The number of hydrogen-bond acceptors (Lipinski definition) is 4. The highest BCUT2D eigenvalue weighted by Gasteiger charge is 2.21. The topological polar surface area (TPSA) is 75.7 Å². The van der Waals surface area contributed by atoms with Crippen molar-refractivity contribution in [2.24, 2.45) is 0 Å². The number of para-hydroxylation sites is 1. The van der Waals surface area contributed by atoms with E-state index >= 15 is 0 Å². The third kappa shape index (κ3) is 5.67. The molecular formula is C21H24N2O4.